The van der Waals surface area contributed by atoms with E-state index in [9.17, 15) is 13.2 Å². The molecular formula is C29H27F3N2O2. The van der Waals surface area contributed by atoms with Crippen LogP contribution >= 0.6 is 0 Å². The summed E-state index contributed by atoms with van der Waals surface area (Å²) in [5.74, 6) is 0.749. The van der Waals surface area contributed by atoms with Crippen LogP contribution in [0.4, 0.5) is 13.2 Å². The van der Waals surface area contributed by atoms with Crippen molar-refractivity contribution in [2.75, 3.05) is 7.11 Å². The van der Waals surface area contributed by atoms with E-state index in [4.69, 9.17) is 9.57 Å². The second kappa shape index (κ2) is 10.3. The molecule has 36 heavy (non-hydrogen) atoms. The molecule has 0 spiro atoms. The molecule has 0 fully saturated rings. The average molecular weight is 493 g/mol. The van der Waals surface area contributed by atoms with E-state index < -0.39 is 11.7 Å². The predicted molar refractivity (Wildman–Crippen MR) is 136 cm³/mol. The molecule has 4 rings (SSSR count). The summed E-state index contributed by atoms with van der Waals surface area (Å²) < 4.78 is 46.6. The maximum absolute atomic E-state index is 13.0. The Hall–Kier alpha value is -4.00. The summed E-state index contributed by atoms with van der Waals surface area (Å²) in [5, 5.41) is 4.23. The number of rotatable bonds is 7. The lowest BCUT2D eigenvalue weighted by atomic mass is 10.1. The van der Waals surface area contributed by atoms with Crippen LogP contribution in [0.5, 0.6) is 5.75 Å². The molecule has 0 N–H and O–H groups in total. The highest BCUT2D eigenvalue weighted by Gasteiger charge is 2.30. The minimum atomic E-state index is -4.40. The number of methoxy groups -OCH3 is 1. The van der Waals surface area contributed by atoms with Gasteiger partial charge in [-0.2, -0.15) is 13.2 Å². The molecule has 0 amide bonds. The Kier molecular flexibility index (Phi) is 7.20. The lowest BCUT2D eigenvalue weighted by molar-refractivity contribution is -0.137. The van der Waals surface area contributed by atoms with Crippen LogP contribution in [0.2, 0.25) is 0 Å². The molecule has 0 atom stereocenters. The first-order valence-corrected chi connectivity index (χ1v) is 11.4. The molecule has 0 aliphatic heterocycles. The monoisotopic (exact) mass is 492 g/mol. The van der Waals surface area contributed by atoms with Gasteiger partial charge in [0.2, 0.25) is 0 Å². The fraction of sp³-hybridized carbons (Fsp3) is 0.207. The van der Waals surface area contributed by atoms with Crippen LogP contribution < -0.4 is 4.74 Å². The third-order valence-electron chi connectivity index (χ3n) is 5.95. The SMILES string of the molecule is COc1cccc(-c2cc(/C(C)=N\OCc3cccc(C(F)(F)F)c3)c(C)n2-c2cccc(C)c2)c1. The number of hydrogen-bond donors (Lipinski definition) is 0. The first-order chi connectivity index (χ1) is 17.2. The van der Waals surface area contributed by atoms with Crippen LogP contribution in [0.25, 0.3) is 16.9 Å². The van der Waals surface area contributed by atoms with Crippen LogP contribution in [0.15, 0.2) is 84.0 Å². The Balaban J connectivity index is 1.69. The van der Waals surface area contributed by atoms with E-state index in [1.54, 1.807) is 13.2 Å². The fourth-order valence-corrected chi connectivity index (χ4v) is 4.16. The number of aromatic nitrogens is 1. The zero-order chi connectivity index (χ0) is 25.9. The molecule has 186 valence electrons. The summed E-state index contributed by atoms with van der Waals surface area (Å²) in [5.41, 5.74) is 6.21. The van der Waals surface area contributed by atoms with Crippen LogP contribution in [-0.2, 0) is 17.6 Å². The summed E-state index contributed by atoms with van der Waals surface area (Å²) in [6, 6.07) is 23.1. The van der Waals surface area contributed by atoms with Gasteiger partial charge >= 0.3 is 6.18 Å². The van der Waals surface area contributed by atoms with Crippen molar-refractivity contribution in [1.82, 2.24) is 4.57 Å². The molecule has 0 saturated carbocycles. The van der Waals surface area contributed by atoms with Crippen molar-refractivity contribution >= 4 is 5.71 Å². The number of ether oxygens (including phenoxy) is 1. The zero-order valence-electron chi connectivity index (χ0n) is 20.6. The summed E-state index contributed by atoms with van der Waals surface area (Å²) in [4.78, 5) is 5.47. The number of hydrogen-bond acceptors (Lipinski definition) is 3. The molecular weight excluding hydrogens is 465 g/mol. The lowest BCUT2D eigenvalue weighted by Crippen LogP contribution is -2.05. The normalized spacial score (nSPS) is 12.0. The average Bonchev–Trinajstić information content (AvgIpc) is 3.21. The Morgan fingerprint density at radius 3 is 2.39 bits per heavy atom. The van der Waals surface area contributed by atoms with E-state index in [0.717, 1.165) is 51.6 Å². The third kappa shape index (κ3) is 5.46. The van der Waals surface area contributed by atoms with Gasteiger partial charge in [0.1, 0.15) is 12.4 Å². The van der Waals surface area contributed by atoms with Gasteiger partial charge < -0.3 is 14.1 Å². The Morgan fingerprint density at radius 1 is 0.917 bits per heavy atom. The quantitative estimate of drug-likeness (QED) is 0.195. The smallest absolute Gasteiger partial charge is 0.416 e. The summed E-state index contributed by atoms with van der Waals surface area (Å²) in [7, 11) is 1.63. The van der Waals surface area contributed by atoms with Crippen molar-refractivity contribution < 1.29 is 22.7 Å². The van der Waals surface area contributed by atoms with Crippen molar-refractivity contribution in [2.24, 2.45) is 5.16 Å². The second-order valence-corrected chi connectivity index (χ2v) is 8.58. The van der Waals surface area contributed by atoms with Gasteiger partial charge in [-0.25, -0.2) is 0 Å². The number of halogens is 3. The number of benzene rings is 3. The van der Waals surface area contributed by atoms with Gasteiger partial charge in [0.25, 0.3) is 0 Å². The standard InChI is InChI=1S/C29H27F3N2O2/c1-19-8-5-12-25(14-19)34-21(3)27(17-28(34)23-10-7-13-26(16-23)35-4)20(2)33-36-18-22-9-6-11-24(15-22)29(30,31)32/h5-17H,18H2,1-4H3/b33-20-. The minimum Gasteiger partial charge on any atom is -0.497 e. The minimum absolute atomic E-state index is 0.0678. The van der Waals surface area contributed by atoms with Gasteiger partial charge in [-0.15, -0.1) is 0 Å². The maximum Gasteiger partial charge on any atom is 0.416 e. The first kappa shape index (κ1) is 25.1. The highest BCUT2D eigenvalue weighted by atomic mass is 19.4. The van der Waals surface area contributed by atoms with E-state index in [0.29, 0.717) is 11.3 Å². The highest BCUT2D eigenvalue weighted by Crippen LogP contribution is 2.32. The lowest BCUT2D eigenvalue weighted by Gasteiger charge is -2.14. The molecule has 0 saturated heterocycles. The van der Waals surface area contributed by atoms with Crippen molar-refractivity contribution in [3.05, 3.63) is 107 Å². The third-order valence-corrected chi connectivity index (χ3v) is 5.95. The van der Waals surface area contributed by atoms with Crippen molar-refractivity contribution in [1.29, 1.82) is 0 Å². The molecule has 0 unspecified atom stereocenters. The Morgan fingerprint density at radius 2 is 1.67 bits per heavy atom. The van der Waals surface area contributed by atoms with Gasteiger partial charge in [-0.1, -0.05) is 41.6 Å². The number of aryl methyl sites for hydroxylation is 1. The first-order valence-electron chi connectivity index (χ1n) is 11.4. The highest BCUT2D eigenvalue weighted by molar-refractivity contribution is 6.01. The van der Waals surface area contributed by atoms with Crippen LogP contribution in [0.1, 0.15) is 34.9 Å². The zero-order valence-corrected chi connectivity index (χ0v) is 20.6. The topological polar surface area (TPSA) is 35.8 Å². The maximum atomic E-state index is 13.0. The van der Waals surface area contributed by atoms with Crippen LogP contribution in [0, 0.1) is 13.8 Å². The summed E-state index contributed by atoms with van der Waals surface area (Å²) >= 11 is 0. The van der Waals surface area contributed by atoms with E-state index >= 15 is 0 Å². The van der Waals surface area contributed by atoms with Crippen LogP contribution in [0.3, 0.4) is 0 Å². The van der Waals surface area contributed by atoms with Crippen molar-refractivity contribution in [2.45, 2.75) is 33.6 Å². The predicted octanol–water partition coefficient (Wildman–Crippen LogP) is 7.73. The van der Waals surface area contributed by atoms with E-state index in [-0.39, 0.29) is 6.61 Å². The van der Waals surface area contributed by atoms with Gasteiger partial charge in [0.05, 0.1) is 24.1 Å². The van der Waals surface area contributed by atoms with Crippen molar-refractivity contribution in [3.8, 4) is 22.7 Å². The molecule has 3 aromatic carbocycles. The summed E-state index contributed by atoms with van der Waals surface area (Å²) in [6.45, 7) is 5.81. The molecule has 4 nitrogen and oxygen atoms in total. The molecule has 0 radical (unpaired) electrons. The van der Waals surface area contributed by atoms with Gasteiger partial charge in [-0.05, 0) is 74.4 Å². The second-order valence-electron chi connectivity index (χ2n) is 8.58. The van der Waals surface area contributed by atoms with E-state index in [1.807, 2.05) is 69.3 Å². The van der Waals surface area contributed by atoms with Gasteiger partial charge in [-0.3, -0.25) is 0 Å². The number of nitrogens with zero attached hydrogens (tertiary/aromatic N) is 2. The molecule has 1 aromatic heterocycles. The molecule has 0 aliphatic rings. The van der Waals surface area contributed by atoms with Gasteiger partial charge in [0, 0.05) is 22.5 Å². The number of alkyl halides is 3. The number of oxime groups is 1. The molecule has 1 heterocycles. The van der Waals surface area contributed by atoms with Crippen molar-refractivity contribution in [3.63, 3.8) is 0 Å². The molecule has 0 bridgehead atoms. The summed E-state index contributed by atoms with van der Waals surface area (Å²) in [6.07, 6.45) is -4.40. The fourth-order valence-electron chi connectivity index (χ4n) is 4.16. The molecule has 0 aliphatic carbocycles. The van der Waals surface area contributed by atoms with Crippen LogP contribution in [-0.4, -0.2) is 17.4 Å². The largest absolute Gasteiger partial charge is 0.497 e. The van der Waals surface area contributed by atoms with E-state index in [1.165, 1.54) is 6.07 Å². The van der Waals surface area contributed by atoms with Gasteiger partial charge in [0.15, 0.2) is 0 Å². The molecule has 7 heteroatoms. The Bertz CT molecular complexity index is 1400. The Labute approximate surface area is 208 Å². The molecule has 4 aromatic rings. The van der Waals surface area contributed by atoms with E-state index in [2.05, 4.69) is 15.8 Å².